The molecule has 2 heterocycles. The van der Waals surface area contributed by atoms with Crippen molar-refractivity contribution in [2.45, 2.75) is 18.9 Å². The van der Waals surface area contributed by atoms with Crippen LogP contribution in [0.25, 0.3) is 0 Å². The fourth-order valence-corrected chi connectivity index (χ4v) is 3.82. The van der Waals surface area contributed by atoms with Crippen molar-refractivity contribution in [1.82, 2.24) is 4.98 Å². The number of halogens is 2. The Hall–Kier alpha value is -3.51. The van der Waals surface area contributed by atoms with Crippen LogP contribution in [0.15, 0.2) is 84.3 Å². The summed E-state index contributed by atoms with van der Waals surface area (Å²) in [5.74, 6) is -2.39. The Morgan fingerprint density at radius 3 is 2.52 bits per heavy atom. The first-order chi connectivity index (χ1) is 15.0. The number of rotatable bonds is 6. The van der Waals surface area contributed by atoms with Crippen molar-refractivity contribution < 1.29 is 19.1 Å². The third kappa shape index (κ3) is 4.07. The molecule has 1 atom stereocenters. The van der Waals surface area contributed by atoms with Gasteiger partial charge >= 0.3 is 0 Å². The molecule has 0 saturated heterocycles. The maximum absolute atomic E-state index is 13.7. The van der Waals surface area contributed by atoms with Crippen LogP contribution in [0.4, 0.5) is 10.1 Å². The van der Waals surface area contributed by atoms with Crippen LogP contribution in [0.3, 0.4) is 0 Å². The van der Waals surface area contributed by atoms with E-state index in [-0.39, 0.29) is 28.5 Å². The zero-order valence-corrected chi connectivity index (χ0v) is 17.1. The minimum absolute atomic E-state index is 0.0277. The zero-order chi connectivity index (χ0) is 22.0. The summed E-state index contributed by atoms with van der Waals surface area (Å²) in [6.07, 6.45) is 2.11. The summed E-state index contributed by atoms with van der Waals surface area (Å²) in [6, 6.07) is 17.4. The zero-order valence-electron chi connectivity index (χ0n) is 16.3. The fourth-order valence-electron chi connectivity index (χ4n) is 3.65. The lowest BCUT2D eigenvalue weighted by atomic mass is 9.95. The Kier molecular flexibility index (Phi) is 5.82. The van der Waals surface area contributed by atoms with Crippen molar-refractivity contribution in [1.29, 1.82) is 0 Å². The Morgan fingerprint density at radius 1 is 1.10 bits per heavy atom. The molecular weight excluding hydrogens is 419 g/mol. The predicted molar refractivity (Wildman–Crippen MR) is 115 cm³/mol. The number of hydrogen-bond acceptors (Lipinski definition) is 4. The molecule has 1 aliphatic heterocycles. The highest BCUT2D eigenvalue weighted by atomic mass is 35.5. The van der Waals surface area contributed by atoms with Gasteiger partial charge in [0.2, 0.25) is 0 Å². The number of aromatic nitrogens is 1. The Balaban J connectivity index is 1.72. The number of hydrogen-bond donors (Lipinski definition) is 1. The molecule has 1 aromatic heterocycles. The maximum Gasteiger partial charge on any atom is 0.294 e. The number of amides is 1. The summed E-state index contributed by atoms with van der Waals surface area (Å²) in [5, 5.41) is 10.5. The van der Waals surface area contributed by atoms with Crippen molar-refractivity contribution in [3.8, 4) is 0 Å². The van der Waals surface area contributed by atoms with E-state index in [1.54, 1.807) is 18.2 Å². The van der Waals surface area contributed by atoms with Gasteiger partial charge in [-0.3, -0.25) is 19.5 Å². The second-order valence-corrected chi connectivity index (χ2v) is 7.51. The Bertz CT molecular complexity index is 1170. The molecule has 0 saturated carbocycles. The molecule has 0 bridgehead atoms. The number of nitrogens with zero attached hydrogens (tertiary/aromatic N) is 2. The first kappa shape index (κ1) is 20.8. The van der Waals surface area contributed by atoms with E-state index < -0.39 is 23.5 Å². The van der Waals surface area contributed by atoms with Crippen LogP contribution in [0, 0.1) is 5.82 Å². The molecule has 1 unspecified atom stereocenters. The van der Waals surface area contributed by atoms with Crippen LogP contribution in [0.1, 0.15) is 23.7 Å². The van der Waals surface area contributed by atoms with Gasteiger partial charge in [-0.2, -0.15) is 0 Å². The van der Waals surface area contributed by atoms with Crippen LogP contribution >= 0.6 is 11.6 Å². The summed E-state index contributed by atoms with van der Waals surface area (Å²) in [5.41, 5.74) is 1.60. The number of pyridine rings is 1. The number of aliphatic hydroxyl groups is 1. The van der Waals surface area contributed by atoms with Gasteiger partial charge in [0.25, 0.3) is 5.91 Å². The van der Waals surface area contributed by atoms with E-state index in [9.17, 15) is 19.1 Å². The minimum Gasteiger partial charge on any atom is -0.503 e. The Morgan fingerprint density at radius 2 is 1.84 bits per heavy atom. The average molecular weight is 437 g/mol. The van der Waals surface area contributed by atoms with Crippen LogP contribution in [-0.4, -0.2) is 21.8 Å². The molecule has 0 radical (unpaired) electrons. The molecule has 31 heavy (non-hydrogen) atoms. The minimum atomic E-state index is -0.946. The lowest BCUT2D eigenvalue weighted by Gasteiger charge is -2.26. The summed E-state index contributed by atoms with van der Waals surface area (Å²) >= 11 is 5.91. The molecule has 3 aromatic rings. The van der Waals surface area contributed by atoms with E-state index in [1.807, 2.05) is 30.3 Å². The monoisotopic (exact) mass is 436 g/mol. The van der Waals surface area contributed by atoms with E-state index in [4.69, 9.17) is 11.6 Å². The van der Waals surface area contributed by atoms with Crippen LogP contribution in [0.5, 0.6) is 0 Å². The van der Waals surface area contributed by atoms with Crippen molar-refractivity contribution in [2.24, 2.45) is 0 Å². The molecule has 0 spiro atoms. The molecular formula is C24H18ClFN2O3. The van der Waals surface area contributed by atoms with E-state index in [1.165, 1.54) is 23.2 Å². The normalized spacial score (nSPS) is 16.1. The van der Waals surface area contributed by atoms with Gasteiger partial charge in [0.15, 0.2) is 11.5 Å². The van der Waals surface area contributed by atoms with Gasteiger partial charge < -0.3 is 5.11 Å². The molecule has 7 heteroatoms. The highest BCUT2D eigenvalue weighted by Gasteiger charge is 2.44. The molecule has 1 amide bonds. The third-order valence-corrected chi connectivity index (χ3v) is 5.43. The Labute approximate surface area is 183 Å². The van der Waals surface area contributed by atoms with E-state index in [2.05, 4.69) is 4.98 Å². The lowest BCUT2D eigenvalue weighted by Crippen LogP contribution is -2.31. The van der Waals surface area contributed by atoms with Crippen LogP contribution < -0.4 is 4.90 Å². The molecule has 0 aliphatic carbocycles. The fraction of sp³-hybridized carbons (Fsp3) is 0.125. The number of carbonyl (C=O) groups is 2. The van der Waals surface area contributed by atoms with Gasteiger partial charge in [0.1, 0.15) is 11.9 Å². The quantitative estimate of drug-likeness (QED) is 0.591. The van der Waals surface area contributed by atoms with E-state index in [0.717, 1.165) is 11.6 Å². The predicted octanol–water partition coefficient (Wildman–Crippen LogP) is 4.98. The number of anilines is 1. The topological polar surface area (TPSA) is 70.5 Å². The molecule has 5 nitrogen and oxygen atoms in total. The van der Waals surface area contributed by atoms with Gasteiger partial charge in [-0.1, -0.05) is 48.0 Å². The first-order valence-corrected chi connectivity index (χ1v) is 10.0. The molecule has 156 valence electrons. The second kappa shape index (κ2) is 8.70. The summed E-state index contributed by atoms with van der Waals surface area (Å²) in [4.78, 5) is 31.6. The number of aliphatic hydroxyl groups excluding tert-OH is 1. The molecule has 2 aromatic carbocycles. The standard InChI is InChI=1S/C24H18ClFN2O3/c25-17-14-16(10-11-18(17)26)28-22(19-8-4-5-13-27-19)21(23(30)24(28)31)20(29)12-9-15-6-2-1-3-7-15/h1-8,10-11,13-14,22,30H,9,12H2. The number of ketones is 1. The lowest BCUT2D eigenvalue weighted by molar-refractivity contribution is -0.118. The van der Waals surface area contributed by atoms with Crippen LogP contribution in [-0.2, 0) is 16.0 Å². The highest BCUT2D eigenvalue weighted by Crippen LogP contribution is 2.41. The first-order valence-electron chi connectivity index (χ1n) is 9.67. The van der Waals surface area contributed by atoms with Crippen molar-refractivity contribution >= 4 is 29.0 Å². The molecule has 1 aliphatic rings. The maximum atomic E-state index is 13.7. The van der Waals surface area contributed by atoms with Crippen LogP contribution in [0.2, 0.25) is 5.02 Å². The van der Waals surface area contributed by atoms with E-state index in [0.29, 0.717) is 12.1 Å². The van der Waals surface area contributed by atoms with Gasteiger partial charge in [0.05, 0.1) is 16.3 Å². The smallest absolute Gasteiger partial charge is 0.294 e. The highest BCUT2D eigenvalue weighted by molar-refractivity contribution is 6.31. The average Bonchev–Trinajstić information content (AvgIpc) is 3.06. The molecule has 1 N–H and O–H groups in total. The summed E-state index contributed by atoms with van der Waals surface area (Å²) in [6.45, 7) is 0. The summed E-state index contributed by atoms with van der Waals surface area (Å²) < 4.78 is 13.7. The number of carbonyl (C=O) groups excluding carboxylic acids is 2. The van der Waals surface area contributed by atoms with Crippen molar-refractivity contribution in [3.05, 3.63) is 106 Å². The third-order valence-electron chi connectivity index (χ3n) is 5.14. The second-order valence-electron chi connectivity index (χ2n) is 7.10. The summed E-state index contributed by atoms with van der Waals surface area (Å²) in [7, 11) is 0. The van der Waals surface area contributed by atoms with Gasteiger partial charge in [-0.15, -0.1) is 0 Å². The largest absolute Gasteiger partial charge is 0.503 e. The number of Topliss-reactive ketones (excluding diaryl/α,β-unsaturated/α-hetero) is 1. The molecule has 0 fully saturated rings. The van der Waals surface area contributed by atoms with Crippen molar-refractivity contribution in [3.63, 3.8) is 0 Å². The molecule has 4 rings (SSSR count). The van der Waals surface area contributed by atoms with E-state index >= 15 is 0 Å². The van der Waals surface area contributed by atoms with Gasteiger partial charge in [-0.25, -0.2) is 4.39 Å². The number of aryl methyl sites for hydroxylation is 1. The van der Waals surface area contributed by atoms with Gasteiger partial charge in [-0.05, 0) is 42.3 Å². The number of benzene rings is 2. The van der Waals surface area contributed by atoms with Gasteiger partial charge in [0, 0.05) is 18.3 Å². The SMILES string of the molecule is O=C(CCc1ccccc1)C1=C(O)C(=O)N(c2ccc(F)c(Cl)c2)C1c1ccccn1. The van der Waals surface area contributed by atoms with Crippen molar-refractivity contribution in [2.75, 3.05) is 4.90 Å².